The van der Waals surface area contributed by atoms with E-state index in [-0.39, 0.29) is 11.5 Å². The van der Waals surface area contributed by atoms with Crippen LogP contribution >= 0.6 is 11.3 Å². The third kappa shape index (κ3) is 4.09. The molecule has 0 radical (unpaired) electrons. The van der Waals surface area contributed by atoms with Gasteiger partial charge < -0.3 is 9.64 Å². The summed E-state index contributed by atoms with van der Waals surface area (Å²) in [4.78, 5) is 20.4. The second kappa shape index (κ2) is 7.78. The molecule has 1 saturated carbocycles. The van der Waals surface area contributed by atoms with E-state index in [1.807, 2.05) is 48.1 Å². The summed E-state index contributed by atoms with van der Waals surface area (Å²) in [5, 5.41) is 11.5. The lowest BCUT2D eigenvalue weighted by molar-refractivity contribution is 0.0273. The molecule has 1 aliphatic heterocycles. The number of benzene rings is 1. The molecule has 0 bridgehead atoms. The number of aryl methyl sites for hydroxylation is 2. The summed E-state index contributed by atoms with van der Waals surface area (Å²) in [6.45, 7) is 9.43. The number of nitrogens with zero attached hydrogens (tertiary/aromatic N) is 6. The van der Waals surface area contributed by atoms with Gasteiger partial charge in [-0.25, -0.2) is 14.3 Å². The van der Waals surface area contributed by atoms with Gasteiger partial charge in [0.2, 0.25) is 4.96 Å². The third-order valence-electron chi connectivity index (χ3n) is 7.43. The molecule has 8 nitrogen and oxygen atoms in total. The maximum absolute atomic E-state index is 12.6. The zero-order valence-electron chi connectivity index (χ0n) is 21.0. The van der Waals surface area contributed by atoms with Crippen molar-refractivity contribution in [3.63, 3.8) is 0 Å². The fourth-order valence-corrected chi connectivity index (χ4v) is 6.71. The van der Waals surface area contributed by atoms with Gasteiger partial charge in [0.1, 0.15) is 10.6 Å². The number of likely N-dealkylation sites (tertiary alicyclic amines) is 1. The van der Waals surface area contributed by atoms with Gasteiger partial charge in [-0.2, -0.15) is 10.2 Å². The lowest BCUT2D eigenvalue weighted by Gasteiger charge is -2.27. The van der Waals surface area contributed by atoms with Crippen LogP contribution in [0.2, 0.25) is 0 Å². The van der Waals surface area contributed by atoms with E-state index >= 15 is 0 Å². The van der Waals surface area contributed by atoms with E-state index in [2.05, 4.69) is 30.4 Å². The maximum atomic E-state index is 12.6. The molecule has 0 N–H and O–H groups in total. The van der Waals surface area contributed by atoms with Crippen LogP contribution in [0.15, 0.2) is 24.5 Å². The highest BCUT2D eigenvalue weighted by Gasteiger charge is 2.46. The standard InChI is InChI=1S/C26H32N6O2S/c1-16-10-18(11-19-13-30(5)28-21(16)19)22-29-32-14-20(27-23(32)35-22)17-6-7-26(12-17)8-9-31(15-26)24(33)34-25(2,3)4/h10-11,13-14,17H,6-9,12,15H2,1-5H3/t17-,26+/m1/s1. The monoisotopic (exact) mass is 492 g/mol. The van der Waals surface area contributed by atoms with Crippen LogP contribution in [0.4, 0.5) is 4.79 Å². The highest BCUT2D eigenvalue weighted by atomic mass is 32.1. The first-order chi connectivity index (χ1) is 16.6. The van der Waals surface area contributed by atoms with Crippen molar-refractivity contribution in [1.29, 1.82) is 0 Å². The van der Waals surface area contributed by atoms with Crippen LogP contribution in [0.25, 0.3) is 26.4 Å². The lowest BCUT2D eigenvalue weighted by Crippen LogP contribution is -2.36. The average Bonchev–Trinajstić information content (AvgIpc) is 3.55. The second-order valence-corrected chi connectivity index (χ2v) is 12.4. The van der Waals surface area contributed by atoms with E-state index in [0.29, 0.717) is 5.92 Å². The summed E-state index contributed by atoms with van der Waals surface area (Å²) < 4.78 is 9.40. The Labute approximate surface area is 208 Å². The first kappa shape index (κ1) is 22.5. The minimum Gasteiger partial charge on any atom is -0.444 e. The predicted molar refractivity (Wildman–Crippen MR) is 137 cm³/mol. The molecule has 4 aromatic rings. The molecule has 184 valence electrons. The van der Waals surface area contributed by atoms with Gasteiger partial charge >= 0.3 is 6.09 Å². The zero-order valence-corrected chi connectivity index (χ0v) is 21.9. The Hall–Kier alpha value is -2.94. The molecule has 0 unspecified atom stereocenters. The molecule has 1 spiro atoms. The van der Waals surface area contributed by atoms with Crippen LogP contribution in [0.5, 0.6) is 0 Å². The third-order valence-corrected chi connectivity index (χ3v) is 8.40. The summed E-state index contributed by atoms with van der Waals surface area (Å²) in [7, 11) is 1.95. The van der Waals surface area contributed by atoms with E-state index in [1.165, 1.54) is 0 Å². The molecule has 35 heavy (non-hydrogen) atoms. The summed E-state index contributed by atoms with van der Waals surface area (Å²) in [6.07, 6.45) is 8.32. The van der Waals surface area contributed by atoms with Crippen LogP contribution in [0, 0.1) is 12.3 Å². The Bertz CT molecular complexity index is 1410. The molecule has 1 aliphatic carbocycles. The molecule has 9 heteroatoms. The Kier molecular flexibility index (Phi) is 5.01. The molecule has 2 fully saturated rings. The molecule has 3 aromatic heterocycles. The number of carbonyl (C=O) groups is 1. The smallest absolute Gasteiger partial charge is 0.410 e. The van der Waals surface area contributed by atoms with Crippen molar-refractivity contribution in [2.24, 2.45) is 12.5 Å². The molecule has 1 amide bonds. The molecule has 2 aliphatic rings. The minimum absolute atomic E-state index is 0.184. The molecule has 1 saturated heterocycles. The van der Waals surface area contributed by atoms with E-state index in [9.17, 15) is 4.79 Å². The molecular formula is C26H32N6O2S. The van der Waals surface area contributed by atoms with Gasteiger partial charge in [0.05, 0.1) is 17.4 Å². The number of amides is 1. The minimum atomic E-state index is -0.457. The number of aromatic nitrogens is 5. The van der Waals surface area contributed by atoms with Crippen LogP contribution in [0.1, 0.15) is 63.6 Å². The highest BCUT2D eigenvalue weighted by molar-refractivity contribution is 7.19. The lowest BCUT2D eigenvalue weighted by atomic mass is 9.84. The van der Waals surface area contributed by atoms with Crippen molar-refractivity contribution in [2.75, 3.05) is 13.1 Å². The van der Waals surface area contributed by atoms with E-state index in [4.69, 9.17) is 14.8 Å². The van der Waals surface area contributed by atoms with Crippen LogP contribution < -0.4 is 0 Å². The number of fused-ring (bicyclic) bond motifs is 2. The summed E-state index contributed by atoms with van der Waals surface area (Å²) in [5.41, 5.74) is 4.15. The van der Waals surface area contributed by atoms with Crippen molar-refractivity contribution in [2.45, 2.75) is 64.9 Å². The molecule has 1 aromatic carbocycles. The number of hydrogen-bond donors (Lipinski definition) is 0. The van der Waals surface area contributed by atoms with E-state index in [0.717, 1.165) is 76.5 Å². The van der Waals surface area contributed by atoms with Gasteiger partial charge in [0, 0.05) is 43.2 Å². The second-order valence-electron chi connectivity index (χ2n) is 11.4. The predicted octanol–water partition coefficient (Wildman–Crippen LogP) is 5.55. The average molecular weight is 493 g/mol. The van der Waals surface area contributed by atoms with Gasteiger partial charge in [-0.15, -0.1) is 0 Å². The Morgan fingerprint density at radius 1 is 1.20 bits per heavy atom. The fourth-order valence-electron chi connectivity index (χ4n) is 5.83. The number of rotatable bonds is 2. The van der Waals surface area contributed by atoms with Crippen LogP contribution in [-0.4, -0.2) is 54.1 Å². The van der Waals surface area contributed by atoms with Crippen molar-refractivity contribution >= 4 is 33.3 Å². The summed E-state index contributed by atoms with van der Waals surface area (Å²) >= 11 is 1.63. The normalized spacial score (nSPS) is 22.8. The molecular weight excluding hydrogens is 460 g/mol. The van der Waals surface area contributed by atoms with Gasteiger partial charge in [-0.05, 0) is 76.5 Å². The Morgan fingerprint density at radius 2 is 2.03 bits per heavy atom. The molecule has 6 rings (SSSR count). The Balaban J connectivity index is 1.18. The summed E-state index contributed by atoms with van der Waals surface area (Å²) in [6, 6.07) is 4.32. The van der Waals surface area contributed by atoms with Crippen molar-refractivity contribution in [3.05, 3.63) is 35.8 Å². The summed E-state index contributed by atoms with van der Waals surface area (Å²) in [5.74, 6) is 0.417. The van der Waals surface area contributed by atoms with E-state index in [1.54, 1.807) is 11.3 Å². The first-order valence-corrected chi connectivity index (χ1v) is 13.2. The van der Waals surface area contributed by atoms with Crippen molar-refractivity contribution in [1.82, 2.24) is 29.3 Å². The highest BCUT2D eigenvalue weighted by Crippen LogP contribution is 2.51. The molecule has 4 heterocycles. The Morgan fingerprint density at radius 3 is 2.80 bits per heavy atom. The number of imidazole rings is 1. The SMILES string of the molecule is Cc1cc(-c2nn3cc([C@@H]4CC[C@]5(CCN(C(=O)OC(C)(C)C)C5)C4)nc3s2)cc2cn(C)nc12. The zero-order chi connectivity index (χ0) is 24.5. The van der Waals surface area contributed by atoms with Crippen LogP contribution in [0.3, 0.4) is 0 Å². The number of ether oxygens (including phenoxy) is 1. The first-order valence-electron chi connectivity index (χ1n) is 12.4. The topological polar surface area (TPSA) is 77.5 Å². The molecule has 2 atom stereocenters. The quantitative estimate of drug-likeness (QED) is 0.367. The van der Waals surface area contributed by atoms with Crippen molar-refractivity contribution < 1.29 is 9.53 Å². The van der Waals surface area contributed by atoms with Gasteiger partial charge in [0.15, 0.2) is 0 Å². The largest absolute Gasteiger partial charge is 0.444 e. The van der Waals surface area contributed by atoms with Gasteiger partial charge in [-0.1, -0.05) is 11.3 Å². The number of carbonyl (C=O) groups excluding carboxylic acids is 1. The van der Waals surface area contributed by atoms with Crippen LogP contribution in [-0.2, 0) is 11.8 Å². The van der Waals surface area contributed by atoms with Gasteiger partial charge in [0.25, 0.3) is 0 Å². The maximum Gasteiger partial charge on any atom is 0.410 e. The van der Waals surface area contributed by atoms with E-state index < -0.39 is 5.60 Å². The van der Waals surface area contributed by atoms with Gasteiger partial charge in [-0.3, -0.25) is 4.68 Å². The number of hydrogen-bond acceptors (Lipinski definition) is 6. The van der Waals surface area contributed by atoms with Crippen molar-refractivity contribution in [3.8, 4) is 10.6 Å². The fraction of sp³-hybridized carbons (Fsp3) is 0.538.